The molecule has 9 unspecified atom stereocenters. The second-order valence-electron chi connectivity index (χ2n) is 13.6. The Labute approximate surface area is 290 Å². The predicted molar refractivity (Wildman–Crippen MR) is 187 cm³/mol. The van der Waals surface area contributed by atoms with Crippen LogP contribution in [-0.4, -0.2) is 110 Å². The molecule has 11 heteroatoms. The largest absolute Gasteiger partial charge is 0.394 e. The molecule has 9 atom stereocenters. The molecule has 1 fully saturated rings. The lowest BCUT2D eigenvalue weighted by molar-refractivity contribution is -0.303. The Hall–Kier alpha value is -1.15. The lowest BCUT2D eigenvalue weighted by Gasteiger charge is -2.40. The molecule has 0 radical (unpaired) electrons. The van der Waals surface area contributed by atoms with Gasteiger partial charge in [-0.25, -0.2) is 0 Å². The van der Waals surface area contributed by atoms with Gasteiger partial charge in [0.25, 0.3) is 0 Å². The molecule has 0 saturated carbocycles. The van der Waals surface area contributed by atoms with Crippen LogP contribution in [0.25, 0.3) is 0 Å². The van der Waals surface area contributed by atoms with E-state index in [-0.39, 0.29) is 12.8 Å². The third-order valence-electron chi connectivity index (χ3n) is 9.32. The van der Waals surface area contributed by atoms with Gasteiger partial charge in [-0.2, -0.15) is 0 Å². The Kier molecular flexibility index (Phi) is 26.7. The van der Waals surface area contributed by atoms with Crippen LogP contribution in [0.15, 0.2) is 12.2 Å². The average Bonchev–Trinajstić information content (AvgIpc) is 3.08. The zero-order valence-corrected chi connectivity index (χ0v) is 30.0. The van der Waals surface area contributed by atoms with Crippen molar-refractivity contribution in [3.8, 4) is 0 Å². The van der Waals surface area contributed by atoms with Gasteiger partial charge in [0, 0.05) is 0 Å². The van der Waals surface area contributed by atoms with Crippen molar-refractivity contribution in [1.82, 2.24) is 5.32 Å². The highest BCUT2D eigenvalue weighted by atomic mass is 16.7. The SMILES string of the molecule is CCCCCCCC/C=C/CCCC(O)C(O)C(COC1OC(CO)C(O)C(O)C1O)NC(=O)C(O)CCCCCCCCCCCC. The summed E-state index contributed by atoms with van der Waals surface area (Å²) in [6.45, 7) is 3.34. The number of carbonyl (C=O) groups excluding carboxylic acids is 1. The molecule has 1 aliphatic heterocycles. The standard InChI is InChI=1S/C37H71NO10/c1-3-5-7-9-11-13-15-17-18-20-22-24-29(40)32(42)28(27-47-37-35(45)34(44)33(43)31(26-39)48-37)38-36(46)30(41)25-23-21-19-16-14-12-10-8-6-4-2/h17-18,28-35,37,39-45H,3-16,19-27H2,1-2H3,(H,38,46)/b18-17+. The minimum Gasteiger partial charge on any atom is -0.394 e. The first kappa shape index (κ1) is 44.9. The quantitative estimate of drug-likeness (QED) is 0.0402. The van der Waals surface area contributed by atoms with Gasteiger partial charge < -0.3 is 50.5 Å². The van der Waals surface area contributed by atoms with Gasteiger partial charge in [0.05, 0.1) is 25.4 Å². The van der Waals surface area contributed by atoms with Gasteiger partial charge in [0.1, 0.15) is 36.6 Å². The highest BCUT2D eigenvalue weighted by Gasteiger charge is 2.44. The van der Waals surface area contributed by atoms with E-state index in [9.17, 15) is 40.5 Å². The summed E-state index contributed by atoms with van der Waals surface area (Å²) in [6.07, 6.45) is 14.3. The second kappa shape index (κ2) is 28.5. The van der Waals surface area contributed by atoms with Crippen molar-refractivity contribution in [1.29, 1.82) is 0 Å². The Morgan fingerprint density at radius 2 is 1.23 bits per heavy atom. The van der Waals surface area contributed by atoms with Crippen LogP contribution < -0.4 is 5.32 Å². The van der Waals surface area contributed by atoms with Crippen LogP contribution in [0.2, 0.25) is 0 Å². The first-order chi connectivity index (χ1) is 23.2. The molecule has 284 valence electrons. The van der Waals surface area contributed by atoms with Crippen LogP contribution in [-0.2, 0) is 14.3 Å². The number of allylic oxidation sites excluding steroid dienone is 2. The lowest BCUT2D eigenvalue weighted by Crippen LogP contribution is -2.60. The molecular weight excluding hydrogens is 618 g/mol. The average molecular weight is 690 g/mol. The van der Waals surface area contributed by atoms with Crippen LogP contribution in [0.4, 0.5) is 0 Å². The first-order valence-electron chi connectivity index (χ1n) is 19.1. The summed E-state index contributed by atoms with van der Waals surface area (Å²) in [6, 6.07) is -1.18. The van der Waals surface area contributed by atoms with Crippen LogP contribution in [0.1, 0.15) is 149 Å². The third kappa shape index (κ3) is 19.3. The van der Waals surface area contributed by atoms with Gasteiger partial charge in [-0.15, -0.1) is 0 Å². The highest BCUT2D eigenvalue weighted by Crippen LogP contribution is 2.23. The maximum atomic E-state index is 12.9. The van der Waals surface area contributed by atoms with Crippen molar-refractivity contribution in [2.45, 2.75) is 204 Å². The smallest absolute Gasteiger partial charge is 0.249 e. The minimum absolute atomic E-state index is 0.256. The molecule has 48 heavy (non-hydrogen) atoms. The summed E-state index contributed by atoms with van der Waals surface area (Å²) in [5.74, 6) is -0.711. The van der Waals surface area contributed by atoms with E-state index in [1.165, 1.54) is 70.6 Å². The molecule has 0 bridgehead atoms. The van der Waals surface area contributed by atoms with E-state index in [1.54, 1.807) is 0 Å². The monoisotopic (exact) mass is 690 g/mol. The number of rotatable bonds is 30. The molecule has 0 spiro atoms. The fourth-order valence-corrected chi connectivity index (χ4v) is 6.03. The number of nitrogens with one attached hydrogen (secondary N) is 1. The van der Waals surface area contributed by atoms with Crippen molar-refractivity contribution in [3.63, 3.8) is 0 Å². The van der Waals surface area contributed by atoms with Gasteiger partial charge in [-0.3, -0.25) is 4.79 Å². The summed E-state index contributed by atoms with van der Waals surface area (Å²) in [4.78, 5) is 12.9. The van der Waals surface area contributed by atoms with Gasteiger partial charge in [0.15, 0.2) is 6.29 Å². The van der Waals surface area contributed by atoms with E-state index in [0.29, 0.717) is 12.8 Å². The molecule has 1 rings (SSSR count). The van der Waals surface area contributed by atoms with Gasteiger partial charge >= 0.3 is 0 Å². The Morgan fingerprint density at radius 1 is 0.708 bits per heavy atom. The van der Waals surface area contributed by atoms with E-state index in [0.717, 1.165) is 38.5 Å². The fraction of sp³-hybridized carbons (Fsp3) is 0.919. The number of unbranched alkanes of at least 4 members (excludes halogenated alkanes) is 16. The third-order valence-corrected chi connectivity index (χ3v) is 9.32. The minimum atomic E-state index is -1.66. The summed E-state index contributed by atoms with van der Waals surface area (Å²) >= 11 is 0. The molecule has 11 nitrogen and oxygen atoms in total. The van der Waals surface area contributed by atoms with Crippen molar-refractivity contribution >= 4 is 5.91 Å². The first-order valence-corrected chi connectivity index (χ1v) is 19.1. The van der Waals surface area contributed by atoms with Crippen LogP contribution >= 0.6 is 0 Å². The van der Waals surface area contributed by atoms with Crippen molar-refractivity contribution in [3.05, 3.63) is 12.2 Å². The fourth-order valence-electron chi connectivity index (χ4n) is 6.03. The molecule has 1 heterocycles. The maximum Gasteiger partial charge on any atom is 0.249 e. The Morgan fingerprint density at radius 3 is 1.79 bits per heavy atom. The number of amides is 1. The molecule has 1 amide bonds. The molecule has 8 N–H and O–H groups in total. The Bertz CT molecular complexity index is 800. The number of hydrogen-bond donors (Lipinski definition) is 8. The van der Waals surface area contributed by atoms with Gasteiger partial charge in [-0.05, 0) is 38.5 Å². The summed E-state index contributed by atoms with van der Waals surface area (Å²) < 4.78 is 11.0. The Balaban J connectivity index is 2.62. The molecular formula is C37H71NO10. The molecule has 0 aromatic carbocycles. The number of hydrogen-bond acceptors (Lipinski definition) is 10. The lowest BCUT2D eigenvalue weighted by atomic mass is 9.98. The second-order valence-corrected chi connectivity index (χ2v) is 13.6. The number of aliphatic hydroxyl groups is 7. The van der Waals surface area contributed by atoms with Crippen LogP contribution in [0.5, 0.6) is 0 Å². The summed E-state index contributed by atoms with van der Waals surface area (Å²) in [5.41, 5.74) is 0. The number of aliphatic hydroxyl groups excluding tert-OH is 7. The molecule has 0 aliphatic carbocycles. The summed E-state index contributed by atoms with van der Waals surface area (Å²) in [5, 5.41) is 75.0. The zero-order valence-electron chi connectivity index (χ0n) is 30.0. The molecule has 1 aliphatic rings. The van der Waals surface area contributed by atoms with Crippen molar-refractivity contribution in [2.75, 3.05) is 13.2 Å². The van der Waals surface area contributed by atoms with E-state index in [4.69, 9.17) is 9.47 Å². The normalized spacial score (nSPS) is 24.1. The van der Waals surface area contributed by atoms with Crippen molar-refractivity contribution in [2.24, 2.45) is 0 Å². The van der Waals surface area contributed by atoms with Gasteiger partial charge in [-0.1, -0.05) is 122 Å². The van der Waals surface area contributed by atoms with Crippen LogP contribution in [0, 0.1) is 0 Å². The summed E-state index contributed by atoms with van der Waals surface area (Å²) in [7, 11) is 0. The predicted octanol–water partition coefficient (Wildman–Crippen LogP) is 4.16. The van der Waals surface area contributed by atoms with Crippen LogP contribution in [0.3, 0.4) is 0 Å². The van der Waals surface area contributed by atoms with Gasteiger partial charge in [0.2, 0.25) is 5.91 Å². The zero-order chi connectivity index (χ0) is 35.6. The van der Waals surface area contributed by atoms with E-state index >= 15 is 0 Å². The number of ether oxygens (including phenoxy) is 2. The molecule has 0 aromatic heterocycles. The number of carbonyl (C=O) groups is 1. The van der Waals surface area contributed by atoms with E-state index in [2.05, 4.69) is 31.3 Å². The molecule has 1 saturated heterocycles. The highest BCUT2D eigenvalue weighted by molar-refractivity contribution is 5.80. The topological polar surface area (TPSA) is 189 Å². The molecule has 0 aromatic rings. The van der Waals surface area contributed by atoms with E-state index < -0.39 is 74.2 Å². The van der Waals surface area contributed by atoms with E-state index in [1.807, 2.05) is 0 Å². The van der Waals surface area contributed by atoms with Crippen molar-refractivity contribution < 1.29 is 50.0 Å². The maximum absolute atomic E-state index is 12.9.